The van der Waals surface area contributed by atoms with E-state index in [1.165, 1.54) is 0 Å². The molecule has 0 bridgehead atoms. The molecule has 2 amide bonds. The van der Waals surface area contributed by atoms with Gasteiger partial charge in [-0.1, -0.05) is 50.0 Å². The highest BCUT2D eigenvalue weighted by molar-refractivity contribution is 6.34. The Labute approximate surface area is 209 Å². The fourth-order valence-electron chi connectivity index (χ4n) is 2.94. The van der Waals surface area contributed by atoms with Gasteiger partial charge in [0.1, 0.15) is 0 Å². The van der Waals surface area contributed by atoms with Gasteiger partial charge >= 0.3 is 0 Å². The van der Waals surface area contributed by atoms with E-state index in [0.29, 0.717) is 39.1 Å². The molecule has 0 radical (unpaired) electrons. The third-order valence-electron chi connectivity index (χ3n) is 4.93. The Bertz CT molecular complexity index is 1230. The predicted octanol–water partition coefficient (Wildman–Crippen LogP) is 6.24. The van der Waals surface area contributed by atoms with E-state index in [0.717, 1.165) is 11.3 Å². The summed E-state index contributed by atoms with van der Waals surface area (Å²) in [5, 5.41) is 6.65. The summed E-state index contributed by atoms with van der Waals surface area (Å²) in [5.41, 5.74) is 9.07. The van der Waals surface area contributed by atoms with Gasteiger partial charge in [-0.2, -0.15) is 0 Å². The van der Waals surface area contributed by atoms with Crippen molar-refractivity contribution in [3.63, 3.8) is 0 Å². The highest BCUT2D eigenvalue weighted by Crippen LogP contribution is 2.23. The number of rotatable bonds is 6. The minimum atomic E-state index is -0.504. The zero-order chi connectivity index (χ0) is 24.9. The summed E-state index contributed by atoms with van der Waals surface area (Å²) in [6.07, 6.45) is 1.62. The smallest absolute Gasteiger partial charge is 0.257 e. The van der Waals surface area contributed by atoms with Crippen LogP contribution in [0.5, 0.6) is 0 Å². The van der Waals surface area contributed by atoms with Crippen LogP contribution in [0, 0.1) is 5.41 Å². The van der Waals surface area contributed by atoms with Crippen LogP contribution < -0.4 is 16.4 Å². The second-order valence-electron chi connectivity index (χ2n) is 8.78. The second-order valence-corrected chi connectivity index (χ2v) is 9.62. The topological polar surface area (TPSA) is 96.6 Å². The Morgan fingerprint density at radius 2 is 1.71 bits per heavy atom. The first-order valence-electron chi connectivity index (χ1n) is 10.6. The molecule has 0 aliphatic rings. The lowest BCUT2D eigenvalue weighted by Crippen LogP contribution is -2.34. The molecule has 3 aromatic rings. The van der Waals surface area contributed by atoms with Crippen molar-refractivity contribution in [3.05, 3.63) is 87.4 Å². The monoisotopic (exact) mass is 496 g/mol. The molecule has 0 aromatic heterocycles. The van der Waals surface area contributed by atoms with Crippen LogP contribution in [0.4, 0.5) is 17.1 Å². The quantitative estimate of drug-likeness (QED) is 0.278. The van der Waals surface area contributed by atoms with Gasteiger partial charge in [0.25, 0.3) is 5.91 Å². The van der Waals surface area contributed by atoms with Gasteiger partial charge in [0.15, 0.2) is 0 Å². The molecule has 3 rings (SSSR count). The van der Waals surface area contributed by atoms with Crippen molar-refractivity contribution in [2.24, 2.45) is 10.4 Å². The Balaban J connectivity index is 1.74. The maximum Gasteiger partial charge on any atom is 0.257 e. The number of nitrogens with two attached hydrogens (primary N) is 1. The second kappa shape index (κ2) is 10.7. The predicted molar refractivity (Wildman–Crippen MR) is 140 cm³/mol. The van der Waals surface area contributed by atoms with Crippen molar-refractivity contribution < 1.29 is 9.59 Å². The number of anilines is 2. The summed E-state index contributed by atoms with van der Waals surface area (Å²) in [6.45, 7) is 5.80. The van der Waals surface area contributed by atoms with Gasteiger partial charge in [0, 0.05) is 40.1 Å². The van der Waals surface area contributed by atoms with Gasteiger partial charge in [0.05, 0.1) is 16.3 Å². The molecular formula is C26H26Cl2N4O2. The molecule has 6 nitrogen and oxygen atoms in total. The number of nitrogen functional groups attached to an aromatic ring is 1. The molecule has 8 heteroatoms. The lowest BCUT2D eigenvalue weighted by molar-refractivity contribution is -0.128. The van der Waals surface area contributed by atoms with Gasteiger partial charge < -0.3 is 16.4 Å². The fraction of sp³-hybridized carbons (Fsp3) is 0.192. The van der Waals surface area contributed by atoms with E-state index < -0.39 is 5.41 Å². The minimum absolute atomic E-state index is 0.0804. The molecule has 0 atom stereocenters. The Hall–Kier alpha value is -3.35. The van der Waals surface area contributed by atoms with Crippen molar-refractivity contribution in [2.45, 2.75) is 27.3 Å². The van der Waals surface area contributed by atoms with E-state index >= 15 is 0 Å². The number of halogens is 2. The van der Waals surface area contributed by atoms with Crippen molar-refractivity contribution in [1.82, 2.24) is 5.32 Å². The summed E-state index contributed by atoms with van der Waals surface area (Å²) < 4.78 is 0. The summed E-state index contributed by atoms with van der Waals surface area (Å²) in [7, 11) is 0. The molecule has 0 aliphatic heterocycles. The number of benzene rings is 3. The van der Waals surface area contributed by atoms with Crippen LogP contribution in [0.2, 0.25) is 10.0 Å². The molecule has 4 N–H and O–H groups in total. The van der Waals surface area contributed by atoms with Gasteiger partial charge in [-0.05, 0) is 60.2 Å². The van der Waals surface area contributed by atoms with Crippen LogP contribution in [0.25, 0.3) is 0 Å². The number of nitrogens with zero attached hydrogens (tertiary/aromatic N) is 1. The molecular weight excluding hydrogens is 471 g/mol. The van der Waals surface area contributed by atoms with Crippen LogP contribution in [0.1, 0.15) is 42.3 Å². The van der Waals surface area contributed by atoms with Crippen LogP contribution in [0.15, 0.2) is 65.7 Å². The SMILES string of the molecule is CC(C)(C)C(=O)NCc1ccc(Cl)c(C(=O)Nc2ccc(N)c(C=Nc3ccc(Cl)cc3)c2)c1. The normalized spacial score (nSPS) is 11.4. The Kier molecular flexibility index (Phi) is 7.97. The summed E-state index contributed by atoms with van der Waals surface area (Å²) >= 11 is 12.2. The number of hydrogen-bond acceptors (Lipinski definition) is 4. The molecule has 176 valence electrons. The average molecular weight is 497 g/mol. The average Bonchev–Trinajstić information content (AvgIpc) is 2.79. The zero-order valence-corrected chi connectivity index (χ0v) is 20.7. The summed E-state index contributed by atoms with van der Waals surface area (Å²) in [4.78, 5) is 29.5. The highest BCUT2D eigenvalue weighted by Gasteiger charge is 2.21. The molecule has 0 spiro atoms. The van der Waals surface area contributed by atoms with E-state index in [1.54, 1.807) is 66.9 Å². The lowest BCUT2D eigenvalue weighted by atomic mass is 9.95. The van der Waals surface area contributed by atoms with Crippen LogP contribution in [-0.2, 0) is 11.3 Å². The van der Waals surface area contributed by atoms with E-state index in [1.807, 2.05) is 20.8 Å². The maximum absolute atomic E-state index is 12.9. The standard InChI is InChI=1S/C26H26Cl2N4O2/c1-26(2,3)25(34)31-14-16-4-10-22(28)21(12-16)24(33)32-20-9-11-23(29)17(13-20)15-30-19-7-5-18(27)6-8-19/h4-13,15H,14,29H2,1-3H3,(H,31,34)(H,32,33). The molecule has 0 saturated heterocycles. The van der Waals surface area contributed by atoms with E-state index in [2.05, 4.69) is 15.6 Å². The van der Waals surface area contributed by atoms with Crippen molar-refractivity contribution in [2.75, 3.05) is 11.1 Å². The van der Waals surface area contributed by atoms with Crippen LogP contribution in [-0.4, -0.2) is 18.0 Å². The minimum Gasteiger partial charge on any atom is -0.398 e. The zero-order valence-electron chi connectivity index (χ0n) is 19.2. The molecule has 3 aromatic carbocycles. The van der Waals surface area contributed by atoms with Gasteiger partial charge in [-0.3, -0.25) is 14.6 Å². The van der Waals surface area contributed by atoms with Crippen LogP contribution in [0.3, 0.4) is 0 Å². The molecule has 0 fully saturated rings. The Morgan fingerprint density at radius 3 is 2.38 bits per heavy atom. The number of nitrogens with one attached hydrogen (secondary N) is 2. The summed E-state index contributed by atoms with van der Waals surface area (Å²) in [6, 6.07) is 17.3. The molecule has 0 aliphatic carbocycles. The van der Waals surface area contributed by atoms with Crippen LogP contribution >= 0.6 is 23.2 Å². The van der Waals surface area contributed by atoms with Crippen molar-refractivity contribution in [1.29, 1.82) is 0 Å². The number of carbonyl (C=O) groups excluding carboxylic acids is 2. The number of amides is 2. The molecule has 0 unspecified atom stereocenters. The Morgan fingerprint density at radius 1 is 1.00 bits per heavy atom. The fourth-order valence-corrected chi connectivity index (χ4v) is 3.27. The van der Waals surface area contributed by atoms with E-state index in [-0.39, 0.29) is 11.8 Å². The molecule has 34 heavy (non-hydrogen) atoms. The van der Waals surface area contributed by atoms with Gasteiger partial charge in [-0.15, -0.1) is 0 Å². The van der Waals surface area contributed by atoms with E-state index in [4.69, 9.17) is 28.9 Å². The summed E-state index contributed by atoms with van der Waals surface area (Å²) in [5.74, 6) is -0.456. The number of aliphatic imine (C=N–C) groups is 1. The van der Waals surface area contributed by atoms with Gasteiger partial charge in [-0.25, -0.2) is 0 Å². The highest BCUT2D eigenvalue weighted by atomic mass is 35.5. The van der Waals surface area contributed by atoms with Crippen molar-refractivity contribution >= 4 is 58.3 Å². The number of hydrogen-bond donors (Lipinski definition) is 3. The molecule has 0 saturated carbocycles. The third-order valence-corrected chi connectivity index (χ3v) is 5.52. The first kappa shape index (κ1) is 25.3. The third kappa shape index (κ3) is 6.83. The number of carbonyl (C=O) groups is 2. The first-order chi connectivity index (χ1) is 16.0. The van der Waals surface area contributed by atoms with Gasteiger partial charge in [0.2, 0.25) is 5.91 Å². The molecule has 0 heterocycles. The maximum atomic E-state index is 12.9. The van der Waals surface area contributed by atoms with E-state index in [9.17, 15) is 9.59 Å². The first-order valence-corrected chi connectivity index (χ1v) is 11.4. The largest absolute Gasteiger partial charge is 0.398 e. The lowest BCUT2D eigenvalue weighted by Gasteiger charge is -2.18. The van der Waals surface area contributed by atoms with Crippen molar-refractivity contribution in [3.8, 4) is 0 Å².